The summed E-state index contributed by atoms with van der Waals surface area (Å²) in [5.74, 6) is -0.557. The summed E-state index contributed by atoms with van der Waals surface area (Å²) >= 11 is 0. The highest BCUT2D eigenvalue weighted by molar-refractivity contribution is 7.89. The Morgan fingerprint density at radius 1 is 1.11 bits per heavy atom. The van der Waals surface area contributed by atoms with Crippen molar-refractivity contribution in [3.8, 4) is 5.75 Å². The van der Waals surface area contributed by atoms with Crippen LogP contribution in [-0.4, -0.2) is 64.5 Å². The first kappa shape index (κ1) is 26.3. The van der Waals surface area contributed by atoms with Crippen molar-refractivity contribution in [2.24, 2.45) is 5.10 Å². The Balaban J connectivity index is 1.78. The molecule has 11 heteroatoms. The van der Waals surface area contributed by atoms with Gasteiger partial charge in [0, 0.05) is 43.5 Å². The quantitative estimate of drug-likeness (QED) is 0.475. The molecule has 2 aromatic rings. The normalized spacial score (nSPS) is 14.8. The number of halogens is 1. The molecule has 0 saturated carbocycles. The third-order valence-electron chi connectivity index (χ3n) is 5.28. The zero-order valence-corrected chi connectivity index (χ0v) is 21.4. The zero-order valence-electron chi connectivity index (χ0n) is 20.5. The SMILES string of the molecule is COc1cc(N2CCN(C(=O)OC(C)(C)C)CC2)c(/C=N/NS(=O)(=O)c2ccc(C)cc2)cc1F. The predicted molar refractivity (Wildman–Crippen MR) is 132 cm³/mol. The number of nitrogens with one attached hydrogen (secondary N) is 1. The summed E-state index contributed by atoms with van der Waals surface area (Å²) < 4.78 is 50.1. The highest BCUT2D eigenvalue weighted by atomic mass is 32.2. The van der Waals surface area contributed by atoms with Crippen molar-refractivity contribution in [1.82, 2.24) is 9.73 Å². The van der Waals surface area contributed by atoms with E-state index in [0.29, 0.717) is 37.4 Å². The summed E-state index contributed by atoms with van der Waals surface area (Å²) in [4.78, 5) is 18.2. The Bertz CT molecular complexity index is 1190. The van der Waals surface area contributed by atoms with Gasteiger partial charge in [-0.15, -0.1) is 0 Å². The number of ether oxygens (including phenoxy) is 2. The molecular formula is C24H31FN4O5S. The van der Waals surface area contributed by atoms with Gasteiger partial charge in [-0.3, -0.25) is 0 Å². The molecule has 0 atom stereocenters. The number of hydrogen-bond acceptors (Lipinski definition) is 7. The Labute approximate surface area is 205 Å². The van der Waals surface area contributed by atoms with E-state index in [4.69, 9.17) is 9.47 Å². The number of piperazine rings is 1. The molecule has 35 heavy (non-hydrogen) atoms. The summed E-state index contributed by atoms with van der Waals surface area (Å²) in [6.45, 7) is 9.03. The zero-order chi connectivity index (χ0) is 25.8. The van der Waals surface area contributed by atoms with Crippen LogP contribution in [0.25, 0.3) is 0 Å². The molecule has 1 N–H and O–H groups in total. The van der Waals surface area contributed by atoms with Crippen LogP contribution in [0.2, 0.25) is 0 Å². The number of hydrazone groups is 1. The molecule has 1 aliphatic heterocycles. The van der Waals surface area contributed by atoms with Gasteiger partial charge in [0.25, 0.3) is 10.0 Å². The van der Waals surface area contributed by atoms with Crippen molar-refractivity contribution in [1.29, 1.82) is 0 Å². The van der Waals surface area contributed by atoms with Crippen molar-refractivity contribution < 1.29 is 27.1 Å². The van der Waals surface area contributed by atoms with Crippen LogP contribution in [0.5, 0.6) is 5.75 Å². The number of nitrogens with zero attached hydrogens (tertiary/aromatic N) is 3. The second kappa shape index (κ2) is 10.5. The lowest BCUT2D eigenvalue weighted by Gasteiger charge is -2.37. The number of carbonyl (C=O) groups excluding carboxylic acids is 1. The van der Waals surface area contributed by atoms with Crippen LogP contribution in [-0.2, 0) is 14.8 Å². The van der Waals surface area contributed by atoms with Crippen molar-refractivity contribution in [2.75, 3.05) is 38.2 Å². The van der Waals surface area contributed by atoms with E-state index in [1.807, 2.05) is 32.6 Å². The lowest BCUT2D eigenvalue weighted by atomic mass is 10.1. The number of sulfonamides is 1. The number of rotatable bonds is 6. The third kappa shape index (κ3) is 6.84. The fraction of sp³-hybridized carbons (Fsp3) is 0.417. The van der Waals surface area contributed by atoms with Crippen LogP contribution in [0.15, 0.2) is 46.4 Å². The van der Waals surface area contributed by atoms with Crippen LogP contribution in [0, 0.1) is 12.7 Å². The number of hydrogen-bond donors (Lipinski definition) is 1. The van der Waals surface area contributed by atoms with Crippen molar-refractivity contribution >= 4 is 28.0 Å². The van der Waals surface area contributed by atoms with Gasteiger partial charge in [-0.05, 0) is 45.9 Å². The van der Waals surface area contributed by atoms with Crippen molar-refractivity contribution in [3.63, 3.8) is 0 Å². The molecule has 190 valence electrons. The number of amides is 1. The maximum atomic E-state index is 14.5. The molecule has 0 radical (unpaired) electrons. The molecule has 3 rings (SSSR count). The molecule has 9 nitrogen and oxygen atoms in total. The van der Waals surface area contributed by atoms with E-state index in [1.165, 1.54) is 37.6 Å². The Kier molecular flexibility index (Phi) is 7.89. The van der Waals surface area contributed by atoms with E-state index in [1.54, 1.807) is 17.0 Å². The Morgan fingerprint density at radius 3 is 2.31 bits per heavy atom. The number of aryl methyl sites for hydroxylation is 1. The largest absolute Gasteiger partial charge is 0.494 e. The number of benzene rings is 2. The first-order valence-corrected chi connectivity index (χ1v) is 12.6. The lowest BCUT2D eigenvalue weighted by molar-refractivity contribution is 0.0240. The predicted octanol–water partition coefficient (Wildman–Crippen LogP) is 3.51. The molecule has 2 aromatic carbocycles. The van der Waals surface area contributed by atoms with Crippen LogP contribution in [0.3, 0.4) is 0 Å². The van der Waals surface area contributed by atoms with E-state index < -0.39 is 21.4 Å². The van der Waals surface area contributed by atoms with Gasteiger partial charge in [0.05, 0.1) is 18.2 Å². The Hall–Kier alpha value is -3.34. The monoisotopic (exact) mass is 506 g/mol. The van der Waals surface area contributed by atoms with E-state index in [9.17, 15) is 17.6 Å². The average molecular weight is 507 g/mol. The molecule has 1 fully saturated rings. The second-order valence-electron chi connectivity index (χ2n) is 9.17. The third-order valence-corrected chi connectivity index (χ3v) is 6.52. The first-order valence-electron chi connectivity index (χ1n) is 11.1. The van der Waals surface area contributed by atoms with E-state index in [2.05, 4.69) is 9.93 Å². The van der Waals surface area contributed by atoms with Crippen LogP contribution < -0.4 is 14.5 Å². The summed E-state index contributed by atoms with van der Waals surface area (Å²) in [5.41, 5.74) is 1.30. The highest BCUT2D eigenvalue weighted by Crippen LogP contribution is 2.29. The summed E-state index contributed by atoms with van der Waals surface area (Å²) in [6, 6.07) is 9.11. The maximum absolute atomic E-state index is 14.5. The fourth-order valence-electron chi connectivity index (χ4n) is 3.48. The Morgan fingerprint density at radius 2 is 1.74 bits per heavy atom. The molecule has 0 bridgehead atoms. The van der Waals surface area contributed by atoms with Crippen molar-refractivity contribution in [2.45, 2.75) is 38.2 Å². The molecular weight excluding hydrogens is 475 g/mol. The standard InChI is InChI=1S/C24H31FN4O5S/c1-17-6-8-19(9-7-17)35(31,32)27-26-16-18-14-20(25)22(33-5)15-21(18)28-10-12-29(13-11-28)23(30)34-24(2,3)4/h6-9,14-16,27H,10-13H2,1-5H3/b26-16+. The number of carbonyl (C=O) groups is 1. The number of methoxy groups -OCH3 is 1. The molecule has 0 aromatic heterocycles. The van der Waals surface area contributed by atoms with E-state index in [-0.39, 0.29) is 16.7 Å². The summed E-state index contributed by atoms with van der Waals surface area (Å²) in [6.07, 6.45) is 0.866. The minimum atomic E-state index is -3.88. The molecule has 1 heterocycles. The maximum Gasteiger partial charge on any atom is 0.410 e. The molecule has 0 aliphatic carbocycles. The fourth-order valence-corrected chi connectivity index (χ4v) is 4.27. The van der Waals surface area contributed by atoms with Gasteiger partial charge in [-0.2, -0.15) is 13.5 Å². The lowest BCUT2D eigenvalue weighted by Crippen LogP contribution is -2.50. The van der Waals surface area contributed by atoms with Crippen LogP contribution in [0.4, 0.5) is 14.9 Å². The minimum Gasteiger partial charge on any atom is -0.494 e. The highest BCUT2D eigenvalue weighted by Gasteiger charge is 2.27. The van der Waals surface area contributed by atoms with Gasteiger partial charge in [-0.25, -0.2) is 14.0 Å². The van der Waals surface area contributed by atoms with Crippen LogP contribution in [0.1, 0.15) is 31.9 Å². The van der Waals surface area contributed by atoms with Gasteiger partial charge in [-0.1, -0.05) is 17.7 Å². The molecule has 0 spiro atoms. The van der Waals surface area contributed by atoms with Gasteiger partial charge in [0.15, 0.2) is 11.6 Å². The van der Waals surface area contributed by atoms with E-state index in [0.717, 1.165) is 5.56 Å². The second-order valence-corrected chi connectivity index (χ2v) is 10.8. The average Bonchev–Trinajstić information content (AvgIpc) is 2.78. The topological polar surface area (TPSA) is 101 Å². The molecule has 1 amide bonds. The number of anilines is 1. The van der Waals surface area contributed by atoms with Gasteiger partial charge in [0.1, 0.15) is 5.60 Å². The first-order chi connectivity index (χ1) is 16.4. The summed E-state index contributed by atoms with van der Waals surface area (Å²) in [7, 11) is -2.51. The van der Waals surface area contributed by atoms with Gasteiger partial charge < -0.3 is 19.3 Å². The van der Waals surface area contributed by atoms with E-state index >= 15 is 0 Å². The molecule has 0 unspecified atom stereocenters. The van der Waals surface area contributed by atoms with Gasteiger partial charge >= 0.3 is 6.09 Å². The minimum absolute atomic E-state index is 0.0481. The van der Waals surface area contributed by atoms with Crippen LogP contribution >= 0.6 is 0 Å². The summed E-state index contributed by atoms with van der Waals surface area (Å²) in [5, 5.41) is 3.87. The molecule has 1 aliphatic rings. The van der Waals surface area contributed by atoms with Gasteiger partial charge in [0.2, 0.25) is 0 Å². The molecule has 1 saturated heterocycles. The smallest absolute Gasteiger partial charge is 0.410 e. The van der Waals surface area contributed by atoms with Crippen molar-refractivity contribution in [3.05, 3.63) is 53.3 Å².